The normalized spacial score (nSPS) is 9.70. The van der Waals surface area contributed by atoms with Gasteiger partial charge in [0.25, 0.3) is 0 Å². The molecule has 2 heteroatoms. The average Bonchev–Trinajstić information content (AvgIpc) is 2.03. The molecule has 0 N–H and O–H groups in total. The highest BCUT2D eigenvalue weighted by Gasteiger charge is 1.88. The Morgan fingerprint density at radius 2 is 1.90 bits per heavy atom. The van der Waals surface area contributed by atoms with Crippen molar-refractivity contribution in [2.75, 3.05) is 11.6 Å². The fourth-order valence-corrected chi connectivity index (χ4v) is 1.57. The molecule has 0 heterocycles. The van der Waals surface area contributed by atoms with Crippen LogP contribution in [0.3, 0.4) is 0 Å². The van der Waals surface area contributed by atoms with Crippen LogP contribution in [0.15, 0.2) is 35.2 Å². The van der Waals surface area contributed by atoms with Crippen LogP contribution >= 0.6 is 23.4 Å². The first kappa shape index (κ1) is 7.96. The van der Waals surface area contributed by atoms with Crippen molar-refractivity contribution in [3.8, 4) is 0 Å². The third-order valence-corrected chi connectivity index (χ3v) is 2.52. The molecule has 0 aliphatic rings. The quantitative estimate of drug-likeness (QED) is 0.499. The van der Waals surface area contributed by atoms with Crippen LogP contribution in [0.1, 0.15) is 0 Å². The van der Waals surface area contributed by atoms with Crippen molar-refractivity contribution in [2.45, 2.75) is 4.90 Å². The Labute approximate surface area is 70.6 Å². The number of hydrogen-bond acceptors (Lipinski definition) is 1. The third kappa shape index (κ3) is 2.63. The molecule has 0 saturated carbocycles. The lowest BCUT2D eigenvalue weighted by atomic mass is 10.4. The second kappa shape index (κ2) is 4.64. The van der Waals surface area contributed by atoms with E-state index in [1.54, 1.807) is 11.8 Å². The SMILES string of the molecule is ClCCSc1ccccc1. The van der Waals surface area contributed by atoms with Gasteiger partial charge in [0, 0.05) is 16.5 Å². The molecule has 54 valence electrons. The third-order valence-electron chi connectivity index (χ3n) is 1.09. The molecule has 0 fully saturated rings. The van der Waals surface area contributed by atoms with Gasteiger partial charge in [-0.25, -0.2) is 0 Å². The van der Waals surface area contributed by atoms with E-state index in [2.05, 4.69) is 12.1 Å². The summed E-state index contributed by atoms with van der Waals surface area (Å²) < 4.78 is 0. The number of hydrogen-bond donors (Lipinski definition) is 0. The second-order valence-corrected chi connectivity index (χ2v) is 3.40. The van der Waals surface area contributed by atoms with E-state index in [1.807, 2.05) is 18.2 Å². The van der Waals surface area contributed by atoms with Crippen LogP contribution < -0.4 is 0 Å². The Hall–Kier alpha value is -0.140. The predicted molar refractivity (Wildman–Crippen MR) is 47.9 cm³/mol. The van der Waals surface area contributed by atoms with Crippen LogP contribution in [0.5, 0.6) is 0 Å². The fraction of sp³-hybridized carbons (Fsp3) is 0.250. The number of rotatable bonds is 3. The Balaban J connectivity index is 2.43. The van der Waals surface area contributed by atoms with Crippen molar-refractivity contribution in [2.24, 2.45) is 0 Å². The van der Waals surface area contributed by atoms with Gasteiger partial charge in [0.2, 0.25) is 0 Å². The maximum Gasteiger partial charge on any atom is 0.0317 e. The van der Waals surface area contributed by atoms with Crippen LogP contribution in [-0.4, -0.2) is 11.6 Å². The molecular weight excluding hydrogens is 164 g/mol. The van der Waals surface area contributed by atoms with Gasteiger partial charge < -0.3 is 0 Å². The summed E-state index contributed by atoms with van der Waals surface area (Å²) in [6.45, 7) is 0. The Kier molecular flexibility index (Phi) is 3.69. The Morgan fingerprint density at radius 1 is 1.20 bits per heavy atom. The van der Waals surface area contributed by atoms with Gasteiger partial charge in [-0.15, -0.1) is 23.4 Å². The molecule has 0 aliphatic carbocycles. The van der Waals surface area contributed by atoms with Crippen LogP contribution in [0.4, 0.5) is 0 Å². The highest BCUT2D eigenvalue weighted by Crippen LogP contribution is 2.16. The lowest BCUT2D eigenvalue weighted by molar-refractivity contribution is 1.43. The van der Waals surface area contributed by atoms with Crippen LogP contribution in [0.2, 0.25) is 0 Å². The summed E-state index contributed by atoms with van der Waals surface area (Å²) in [6.07, 6.45) is 0. The lowest BCUT2D eigenvalue weighted by Crippen LogP contribution is -1.77. The Morgan fingerprint density at radius 3 is 2.50 bits per heavy atom. The zero-order valence-corrected chi connectivity index (χ0v) is 7.16. The molecule has 0 aromatic heterocycles. The summed E-state index contributed by atoms with van der Waals surface area (Å²) in [5, 5.41) is 0. The van der Waals surface area contributed by atoms with E-state index in [4.69, 9.17) is 11.6 Å². The smallest absolute Gasteiger partial charge is 0.0317 e. The maximum atomic E-state index is 5.53. The largest absolute Gasteiger partial charge is 0.126 e. The molecule has 0 bridgehead atoms. The molecule has 0 spiro atoms. The summed E-state index contributed by atoms with van der Waals surface area (Å²) >= 11 is 7.32. The van der Waals surface area contributed by atoms with E-state index in [0.29, 0.717) is 0 Å². The summed E-state index contributed by atoms with van der Waals surface area (Å²) in [6, 6.07) is 10.3. The fourth-order valence-electron chi connectivity index (χ4n) is 0.673. The van der Waals surface area contributed by atoms with Crippen LogP contribution in [0.25, 0.3) is 0 Å². The van der Waals surface area contributed by atoms with Crippen LogP contribution in [0, 0.1) is 0 Å². The molecule has 0 saturated heterocycles. The predicted octanol–water partition coefficient (Wildman–Crippen LogP) is 3.02. The van der Waals surface area contributed by atoms with E-state index in [0.717, 1.165) is 11.6 Å². The van der Waals surface area contributed by atoms with Crippen molar-refractivity contribution in [3.05, 3.63) is 30.3 Å². The average molecular weight is 173 g/mol. The minimum absolute atomic E-state index is 0.722. The van der Waals surface area contributed by atoms with Gasteiger partial charge in [0.05, 0.1) is 0 Å². The molecule has 1 rings (SSSR count). The van der Waals surface area contributed by atoms with Crippen molar-refractivity contribution in [1.82, 2.24) is 0 Å². The van der Waals surface area contributed by atoms with Crippen LogP contribution in [-0.2, 0) is 0 Å². The van der Waals surface area contributed by atoms with Crippen molar-refractivity contribution in [3.63, 3.8) is 0 Å². The minimum Gasteiger partial charge on any atom is -0.126 e. The van der Waals surface area contributed by atoms with Gasteiger partial charge in [-0.2, -0.15) is 0 Å². The van der Waals surface area contributed by atoms with Gasteiger partial charge in [0.15, 0.2) is 0 Å². The monoisotopic (exact) mass is 172 g/mol. The zero-order chi connectivity index (χ0) is 7.23. The van der Waals surface area contributed by atoms with E-state index < -0.39 is 0 Å². The van der Waals surface area contributed by atoms with Gasteiger partial charge in [-0.05, 0) is 12.1 Å². The van der Waals surface area contributed by atoms with Crippen molar-refractivity contribution < 1.29 is 0 Å². The first-order valence-corrected chi connectivity index (χ1v) is 4.69. The molecule has 0 atom stereocenters. The molecule has 0 aliphatic heterocycles. The van der Waals surface area contributed by atoms with Crippen molar-refractivity contribution >= 4 is 23.4 Å². The number of thioether (sulfide) groups is 1. The number of alkyl halides is 1. The minimum atomic E-state index is 0.722. The molecule has 0 nitrogen and oxygen atoms in total. The molecular formula is C8H9ClS. The molecule has 1 aromatic rings. The molecule has 0 amide bonds. The van der Waals surface area contributed by atoms with Gasteiger partial charge in [-0.1, -0.05) is 18.2 Å². The summed E-state index contributed by atoms with van der Waals surface area (Å²) in [5.74, 6) is 1.71. The summed E-state index contributed by atoms with van der Waals surface area (Å²) in [4.78, 5) is 1.29. The van der Waals surface area contributed by atoms with E-state index in [9.17, 15) is 0 Å². The molecule has 0 unspecified atom stereocenters. The van der Waals surface area contributed by atoms with Gasteiger partial charge in [-0.3, -0.25) is 0 Å². The molecule has 1 aromatic carbocycles. The van der Waals surface area contributed by atoms with E-state index >= 15 is 0 Å². The summed E-state index contributed by atoms with van der Waals surface area (Å²) in [7, 11) is 0. The highest BCUT2D eigenvalue weighted by atomic mass is 35.5. The summed E-state index contributed by atoms with van der Waals surface area (Å²) in [5.41, 5.74) is 0. The first-order valence-electron chi connectivity index (χ1n) is 3.17. The van der Waals surface area contributed by atoms with E-state index in [-0.39, 0.29) is 0 Å². The van der Waals surface area contributed by atoms with E-state index in [1.165, 1.54) is 4.90 Å². The number of halogens is 1. The zero-order valence-electron chi connectivity index (χ0n) is 5.59. The lowest BCUT2D eigenvalue weighted by Gasteiger charge is -1.95. The first-order chi connectivity index (χ1) is 4.93. The molecule has 0 radical (unpaired) electrons. The maximum absolute atomic E-state index is 5.53. The van der Waals surface area contributed by atoms with Gasteiger partial charge in [0.1, 0.15) is 0 Å². The topological polar surface area (TPSA) is 0 Å². The second-order valence-electron chi connectivity index (χ2n) is 1.85. The number of benzene rings is 1. The highest BCUT2D eigenvalue weighted by molar-refractivity contribution is 7.99. The van der Waals surface area contributed by atoms with Crippen molar-refractivity contribution in [1.29, 1.82) is 0 Å². The standard InChI is InChI=1S/C8H9ClS/c9-6-7-10-8-4-2-1-3-5-8/h1-5H,6-7H2. The Bertz CT molecular complexity index is 174. The van der Waals surface area contributed by atoms with Gasteiger partial charge >= 0.3 is 0 Å². The molecule has 10 heavy (non-hydrogen) atoms.